The third-order valence-electron chi connectivity index (χ3n) is 4.99. The number of rotatable bonds is 7. The van der Waals surface area contributed by atoms with Crippen molar-refractivity contribution in [2.24, 2.45) is 5.73 Å². The van der Waals surface area contributed by atoms with Crippen molar-refractivity contribution in [3.05, 3.63) is 62.6 Å². The highest BCUT2D eigenvalue weighted by atomic mass is 79.9. The summed E-state index contributed by atoms with van der Waals surface area (Å²) < 4.78 is 13.1. The van der Waals surface area contributed by atoms with Crippen molar-refractivity contribution in [2.45, 2.75) is 37.4 Å². The summed E-state index contributed by atoms with van der Waals surface area (Å²) in [6.45, 7) is 4.84. The molecular weight excluding hydrogens is 474 g/mol. The average Bonchev–Trinajstić information content (AvgIpc) is 3.11. The van der Waals surface area contributed by atoms with E-state index in [0.29, 0.717) is 21.2 Å². The Morgan fingerprint density at radius 2 is 2.10 bits per heavy atom. The first kappa shape index (κ1) is 22.4. The van der Waals surface area contributed by atoms with E-state index in [1.165, 1.54) is 0 Å². The molecule has 2 atom stereocenters. The van der Waals surface area contributed by atoms with Gasteiger partial charge in [0.05, 0.1) is 10.8 Å². The number of nitrogens with zero attached hydrogens (tertiary/aromatic N) is 1. The number of amides is 1. The highest BCUT2D eigenvalue weighted by Gasteiger charge is 2.20. The van der Waals surface area contributed by atoms with Crippen LogP contribution in [0.4, 0.5) is 0 Å². The minimum Gasteiger partial charge on any atom is -0.348 e. The van der Waals surface area contributed by atoms with E-state index in [4.69, 9.17) is 17.3 Å². The Labute approximate surface area is 187 Å². The molecule has 8 heteroatoms. The zero-order valence-electron chi connectivity index (χ0n) is 16.3. The predicted molar refractivity (Wildman–Crippen MR) is 122 cm³/mol. The van der Waals surface area contributed by atoms with Gasteiger partial charge < -0.3 is 11.1 Å². The molecular formula is C21H25BrClN3O2S. The summed E-state index contributed by atoms with van der Waals surface area (Å²) in [5, 5.41) is 3.46. The fraction of sp³-hybridized carbons (Fsp3) is 0.381. The molecule has 2 aromatic rings. The number of nitrogens with two attached hydrogens (primary N) is 1. The monoisotopic (exact) mass is 497 g/mol. The summed E-state index contributed by atoms with van der Waals surface area (Å²) in [6.07, 6.45) is 1.02. The van der Waals surface area contributed by atoms with Gasteiger partial charge >= 0.3 is 0 Å². The Bertz CT molecular complexity index is 925. The minimum absolute atomic E-state index is 0.186. The van der Waals surface area contributed by atoms with Gasteiger partial charge in [-0.25, -0.2) is 0 Å². The Balaban J connectivity index is 1.66. The summed E-state index contributed by atoms with van der Waals surface area (Å²) in [4.78, 5) is 15.7. The predicted octanol–water partition coefficient (Wildman–Crippen LogP) is 3.69. The standard InChI is InChI=1S/C21H25BrClN3O2S/c1-2-29(28)20-6-5-17(23)9-16(20)11-25-21(27)14-3-4-15(19(22)10-14)12-26-8-7-18(24)13-26/h3-6,9-10,18H,2,7-8,11-13,24H2,1H3,(H,25,27)/t18-,29?/m1/s1. The van der Waals surface area contributed by atoms with Crippen LogP contribution in [0, 0.1) is 0 Å². The lowest BCUT2D eigenvalue weighted by molar-refractivity contribution is 0.0950. The highest BCUT2D eigenvalue weighted by molar-refractivity contribution is 9.10. The van der Waals surface area contributed by atoms with Gasteiger partial charge in [-0.15, -0.1) is 0 Å². The van der Waals surface area contributed by atoms with Crippen LogP contribution in [0.2, 0.25) is 5.02 Å². The number of likely N-dealkylation sites (tertiary alicyclic amines) is 1. The molecule has 1 saturated heterocycles. The number of carbonyl (C=O) groups excluding carboxylic acids is 1. The van der Waals surface area contributed by atoms with Crippen LogP contribution in [-0.2, 0) is 23.9 Å². The summed E-state index contributed by atoms with van der Waals surface area (Å²) in [7, 11) is -1.11. The maximum absolute atomic E-state index is 12.6. The third kappa shape index (κ3) is 5.89. The fourth-order valence-electron chi connectivity index (χ4n) is 3.41. The largest absolute Gasteiger partial charge is 0.348 e. The summed E-state index contributed by atoms with van der Waals surface area (Å²) in [6, 6.07) is 11.1. The Kier molecular flexibility index (Phi) is 7.87. The van der Waals surface area contributed by atoms with E-state index >= 15 is 0 Å². The normalized spacial score (nSPS) is 18.0. The van der Waals surface area contributed by atoms with Crippen LogP contribution in [0.15, 0.2) is 45.8 Å². The number of benzene rings is 2. The van der Waals surface area contributed by atoms with Crippen molar-refractivity contribution in [1.82, 2.24) is 10.2 Å². The quantitative estimate of drug-likeness (QED) is 0.610. The Morgan fingerprint density at radius 3 is 2.76 bits per heavy atom. The number of carbonyl (C=O) groups is 1. The molecule has 0 aromatic heterocycles. The molecule has 0 aliphatic carbocycles. The lowest BCUT2D eigenvalue weighted by atomic mass is 10.1. The van der Waals surface area contributed by atoms with Crippen LogP contribution in [0.1, 0.15) is 34.8 Å². The molecule has 1 heterocycles. The number of hydrogen-bond donors (Lipinski definition) is 2. The van der Waals surface area contributed by atoms with Gasteiger partial charge in [0.2, 0.25) is 0 Å². The molecule has 1 aliphatic heterocycles. The van der Waals surface area contributed by atoms with Crippen LogP contribution < -0.4 is 11.1 Å². The molecule has 0 spiro atoms. The van der Waals surface area contributed by atoms with Gasteiger partial charge in [0.25, 0.3) is 5.91 Å². The molecule has 2 aromatic carbocycles. The molecule has 1 unspecified atom stereocenters. The van der Waals surface area contributed by atoms with Gasteiger partial charge in [-0.2, -0.15) is 0 Å². The van der Waals surface area contributed by atoms with Crippen molar-refractivity contribution < 1.29 is 9.00 Å². The molecule has 0 bridgehead atoms. The van der Waals surface area contributed by atoms with Crippen LogP contribution in [0.5, 0.6) is 0 Å². The van der Waals surface area contributed by atoms with Crippen molar-refractivity contribution in [3.8, 4) is 0 Å². The molecule has 0 radical (unpaired) electrons. The third-order valence-corrected chi connectivity index (χ3v) is 7.37. The second kappa shape index (κ2) is 10.2. The van der Waals surface area contributed by atoms with E-state index in [2.05, 4.69) is 26.1 Å². The zero-order valence-corrected chi connectivity index (χ0v) is 19.4. The van der Waals surface area contributed by atoms with Gasteiger partial charge in [0.15, 0.2) is 0 Å². The number of nitrogens with one attached hydrogen (secondary N) is 1. The van der Waals surface area contributed by atoms with Gasteiger partial charge in [-0.1, -0.05) is 40.5 Å². The highest BCUT2D eigenvalue weighted by Crippen LogP contribution is 2.23. The Hall–Kier alpha value is -1.25. The van der Waals surface area contributed by atoms with Crippen molar-refractivity contribution >= 4 is 44.2 Å². The molecule has 3 rings (SSSR count). The minimum atomic E-state index is -1.11. The van der Waals surface area contributed by atoms with Crippen LogP contribution in [0.3, 0.4) is 0 Å². The molecule has 5 nitrogen and oxygen atoms in total. The van der Waals surface area contributed by atoms with Crippen LogP contribution in [-0.4, -0.2) is 39.9 Å². The van der Waals surface area contributed by atoms with Crippen LogP contribution >= 0.6 is 27.5 Å². The maximum atomic E-state index is 12.6. The van der Waals surface area contributed by atoms with Crippen molar-refractivity contribution in [3.63, 3.8) is 0 Å². The second-order valence-electron chi connectivity index (χ2n) is 7.16. The molecule has 1 fully saturated rings. The molecule has 0 saturated carbocycles. The molecule has 3 N–H and O–H groups in total. The first-order valence-electron chi connectivity index (χ1n) is 9.58. The first-order chi connectivity index (χ1) is 13.9. The zero-order chi connectivity index (χ0) is 21.0. The lowest BCUT2D eigenvalue weighted by Crippen LogP contribution is -2.26. The van der Waals surface area contributed by atoms with Gasteiger partial charge in [0.1, 0.15) is 0 Å². The lowest BCUT2D eigenvalue weighted by Gasteiger charge is -2.17. The molecule has 156 valence electrons. The van der Waals surface area contributed by atoms with E-state index in [1.807, 2.05) is 25.1 Å². The molecule has 1 amide bonds. The summed E-state index contributed by atoms with van der Waals surface area (Å²) in [5.41, 5.74) is 8.45. The van der Waals surface area contributed by atoms with Crippen molar-refractivity contribution in [1.29, 1.82) is 0 Å². The molecule has 1 aliphatic rings. The number of halogens is 2. The smallest absolute Gasteiger partial charge is 0.251 e. The van der Waals surface area contributed by atoms with Crippen LogP contribution in [0.25, 0.3) is 0 Å². The fourth-order valence-corrected chi connectivity index (χ4v) is 5.06. The van der Waals surface area contributed by atoms with E-state index in [9.17, 15) is 9.00 Å². The maximum Gasteiger partial charge on any atom is 0.251 e. The van der Waals surface area contributed by atoms with Gasteiger partial charge in [-0.05, 0) is 47.9 Å². The van der Waals surface area contributed by atoms with Crippen molar-refractivity contribution in [2.75, 3.05) is 18.8 Å². The topological polar surface area (TPSA) is 75.4 Å². The van der Waals surface area contributed by atoms with E-state index < -0.39 is 10.8 Å². The first-order valence-corrected chi connectivity index (χ1v) is 12.1. The molecule has 29 heavy (non-hydrogen) atoms. The second-order valence-corrected chi connectivity index (χ2v) is 10.2. The summed E-state index contributed by atoms with van der Waals surface area (Å²) in [5.74, 6) is 0.326. The van der Waals surface area contributed by atoms with Gasteiger partial charge in [-0.3, -0.25) is 13.9 Å². The van der Waals surface area contributed by atoms with E-state index in [0.717, 1.165) is 41.7 Å². The summed E-state index contributed by atoms with van der Waals surface area (Å²) >= 11 is 9.67. The number of hydrogen-bond acceptors (Lipinski definition) is 4. The Morgan fingerprint density at radius 1 is 1.31 bits per heavy atom. The SMILES string of the molecule is CCS(=O)c1ccc(Cl)cc1CNC(=O)c1ccc(CN2CC[C@@H](N)C2)c(Br)c1. The average molecular weight is 499 g/mol. The van der Waals surface area contributed by atoms with E-state index in [1.54, 1.807) is 18.2 Å². The van der Waals surface area contributed by atoms with E-state index in [-0.39, 0.29) is 18.5 Å². The van der Waals surface area contributed by atoms with Gasteiger partial charge in [0, 0.05) is 57.9 Å².